The van der Waals surface area contributed by atoms with Gasteiger partial charge in [0, 0.05) is 49.1 Å². The smallest absolute Gasteiger partial charge is 0.258 e. The molecule has 0 spiro atoms. The van der Waals surface area contributed by atoms with Gasteiger partial charge in [0.15, 0.2) is 0 Å². The van der Waals surface area contributed by atoms with Crippen molar-refractivity contribution < 1.29 is 13.2 Å². The standard InChI is InChI=1S/C25H23ClN4O3S2/c1-28-22-14-15-29(35(32,33)24-13-12-23(26)34-24)16-20(22)21(27-28)17-30(19-10-6-3-7-11-19)25(31)18-8-4-2-5-9-18/h2-13H,14-17H2,1H3. The number of amides is 1. The number of carbonyl (C=O) groups is 1. The Morgan fingerprint density at radius 3 is 2.40 bits per heavy atom. The van der Waals surface area contributed by atoms with Crippen LogP contribution in [-0.4, -0.2) is 35.0 Å². The molecule has 0 bridgehead atoms. The quantitative estimate of drug-likeness (QED) is 0.364. The summed E-state index contributed by atoms with van der Waals surface area (Å²) in [6.45, 7) is 0.771. The number of hydrogen-bond donors (Lipinski definition) is 0. The van der Waals surface area contributed by atoms with Gasteiger partial charge in [0.05, 0.1) is 16.6 Å². The first-order valence-electron chi connectivity index (χ1n) is 11.1. The first kappa shape index (κ1) is 23.7. The third-order valence-corrected chi connectivity index (χ3v) is 9.62. The van der Waals surface area contributed by atoms with Crippen molar-refractivity contribution in [2.45, 2.75) is 23.7 Å². The van der Waals surface area contributed by atoms with Gasteiger partial charge in [0.1, 0.15) is 4.21 Å². The number of nitrogens with zero attached hydrogens (tertiary/aromatic N) is 4. The summed E-state index contributed by atoms with van der Waals surface area (Å²) in [6.07, 6.45) is 0.537. The molecule has 0 saturated carbocycles. The number of halogens is 1. The average Bonchev–Trinajstić information content (AvgIpc) is 3.46. The predicted molar refractivity (Wildman–Crippen MR) is 137 cm³/mol. The van der Waals surface area contributed by atoms with Gasteiger partial charge in [0.2, 0.25) is 0 Å². The summed E-state index contributed by atoms with van der Waals surface area (Å²) in [5.74, 6) is -0.148. The summed E-state index contributed by atoms with van der Waals surface area (Å²) >= 11 is 7.05. The fraction of sp³-hybridized carbons (Fsp3) is 0.200. The van der Waals surface area contributed by atoms with Crippen LogP contribution in [0, 0.1) is 0 Å². The van der Waals surface area contributed by atoms with Gasteiger partial charge in [-0.3, -0.25) is 9.48 Å². The van der Waals surface area contributed by atoms with E-state index in [0.29, 0.717) is 28.6 Å². The lowest BCUT2D eigenvalue weighted by Gasteiger charge is -2.27. The molecule has 7 nitrogen and oxygen atoms in total. The van der Waals surface area contributed by atoms with Gasteiger partial charge >= 0.3 is 0 Å². The van der Waals surface area contributed by atoms with E-state index in [1.54, 1.807) is 27.8 Å². The zero-order valence-electron chi connectivity index (χ0n) is 19.0. The second-order valence-electron chi connectivity index (χ2n) is 8.24. The Hall–Kier alpha value is -2.98. The van der Waals surface area contributed by atoms with Gasteiger partial charge in [-0.05, 0) is 36.4 Å². The number of rotatable bonds is 6. The van der Waals surface area contributed by atoms with Gasteiger partial charge in [-0.25, -0.2) is 8.42 Å². The second kappa shape index (κ2) is 9.58. The Morgan fingerprint density at radius 1 is 1.06 bits per heavy atom. The highest BCUT2D eigenvalue weighted by Gasteiger charge is 2.33. The number of fused-ring (bicyclic) bond motifs is 1. The highest BCUT2D eigenvalue weighted by molar-refractivity contribution is 7.91. The molecule has 2 aromatic heterocycles. The molecule has 0 fully saturated rings. The SMILES string of the molecule is Cn1nc(CN(C(=O)c2ccccc2)c2ccccc2)c2c1CCN(S(=O)(=O)c1ccc(Cl)s1)C2. The largest absolute Gasteiger partial charge is 0.302 e. The summed E-state index contributed by atoms with van der Waals surface area (Å²) in [4.78, 5) is 15.2. The molecule has 4 aromatic rings. The molecule has 1 amide bonds. The van der Waals surface area contributed by atoms with Crippen LogP contribution in [0.25, 0.3) is 0 Å². The van der Waals surface area contributed by atoms with Crippen molar-refractivity contribution in [1.82, 2.24) is 14.1 Å². The van der Waals surface area contributed by atoms with E-state index in [0.717, 1.165) is 28.3 Å². The van der Waals surface area contributed by atoms with Crippen molar-refractivity contribution in [2.75, 3.05) is 11.4 Å². The number of carbonyl (C=O) groups excluding carboxylic acids is 1. The van der Waals surface area contributed by atoms with Crippen LogP contribution >= 0.6 is 22.9 Å². The summed E-state index contributed by atoms with van der Waals surface area (Å²) in [5.41, 5.74) is 3.82. The van der Waals surface area contributed by atoms with Crippen LogP contribution in [0.4, 0.5) is 5.69 Å². The van der Waals surface area contributed by atoms with E-state index >= 15 is 0 Å². The predicted octanol–water partition coefficient (Wildman–Crippen LogP) is 4.73. The Kier molecular flexibility index (Phi) is 6.50. The van der Waals surface area contributed by atoms with Gasteiger partial charge in [0.25, 0.3) is 15.9 Å². The van der Waals surface area contributed by atoms with E-state index in [1.807, 2.05) is 55.6 Å². The molecule has 0 N–H and O–H groups in total. The lowest BCUT2D eigenvalue weighted by molar-refractivity contribution is 0.0984. The minimum Gasteiger partial charge on any atom is -0.302 e. The van der Waals surface area contributed by atoms with Crippen molar-refractivity contribution in [3.8, 4) is 0 Å². The van der Waals surface area contributed by atoms with Crippen molar-refractivity contribution >= 4 is 44.6 Å². The summed E-state index contributed by atoms with van der Waals surface area (Å²) in [6, 6.07) is 21.7. The maximum atomic E-state index is 13.5. The van der Waals surface area contributed by atoms with E-state index in [-0.39, 0.29) is 23.2 Å². The number of benzene rings is 2. The van der Waals surface area contributed by atoms with Crippen molar-refractivity contribution in [2.24, 2.45) is 7.05 Å². The second-order valence-corrected chi connectivity index (χ2v) is 12.1. The molecule has 0 radical (unpaired) electrons. The molecule has 5 rings (SSSR count). The van der Waals surface area contributed by atoms with Gasteiger partial charge < -0.3 is 4.90 Å². The lowest BCUT2D eigenvalue weighted by Crippen LogP contribution is -2.36. The molecule has 3 heterocycles. The summed E-state index contributed by atoms with van der Waals surface area (Å²) < 4.78 is 30.4. The highest BCUT2D eigenvalue weighted by atomic mass is 35.5. The highest BCUT2D eigenvalue weighted by Crippen LogP contribution is 2.32. The van der Waals surface area contributed by atoms with Gasteiger partial charge in [-0.15, -0.1) is 11.3 Å². The maximum Gasteiger partial charge on any atom is 0.258 e. The Bertz CT molecular complexity index is 1470. The normalized spacial score (nSPS) is 14.0. The Morgan fingerprint density at radius 2 is 1.74 bits per heavy atom. The van der Waals surface area contributed by atoms with Crippen LogP contribution in [0.5, 0.6) is 0 Å². The van der Waals surface area contributed by atoms with Crippen molar-refractivity contribution in [3.63, 3.8) is 0 Å². The number of aromatic nitrogens is 2. The summed E-state index contributed by atoms with van der Waals surface area (Å²) in [5, 5.41) is 4.71. The van der Waals surface area contributed by atoms with Crippen LogP contribution < -0.4 is 4.90 Å². The number of sulfonamides is 1. The first-order chi connectivity index (χ1) is 16.8. The van der Waals surface area contributed by atoms with E-state index in [4.69, 9.17) is 16.7 Å². The zero-order chi connectivity index (χ0) is 24.6. The average molecular weight is 527 g/mol. The third-order valence-electron chi connectivity index (χ3n) is 6.07. The Labute approximate surface area is 213 Å². The lowest BCUT2D eigenvalue weighted by atomic mass is 10.1. The van der Waals surface area contributed by atoms with Crippen LogP contribution in [0.1, 0.15) is 27.3 Å². The molecule has 0 aliphatic carbocycles. The van der Waals surface area contributed by atoms with Crippen molar-refractivity contribution in [1.29, 1.82) is 0 Å². The van der Waals surface area contributed by atoms with E-state index in [1.165, 1.54) is 10.4 Å². The number of hydrogen-bond acceptors (Lipinski definition) is 5. The van der Waals surface area contributed by atoms with Crippen LogP contribution in [0.15, 0.2) is 77.0 Å². The number of aryl methyl sites for hydroxylation is 1. The van der Waals surface area contributed by atoms with Gasteiger partial charge in [-0.1, -0.05) is 48.0 Å². The zero-order valence-corrected chi connectivity index (χ0v) is 21.4. The molecule has 35 heavy (non-hydrogen) atoms. The van der Waals surface area contributed by atoms with Crippen LogP contribution in [0.3, 0.4) is 0 Å². The Balaban J connectivity index is 1.49. The monoisotopic (exact) mass is 526 g/mol. The minimum atomic E-state index is -3.68. The van der Waals surface area contributed by atoms with E-state index in [2.05, 4.69) is 0 Å². The van der Waals surface area contributed by atoms with E-state index in [9.17, 15) is 13.2 Å². The topological polar surface area (TPSA) is 75.5 Å². The van der Waals surface area contributed by atoms with Crippen molar-refractivity contribution in [3.05, 3.63) is 99.6 Å². The number of anilines is 1. The number of thiophene rings is 1. The van der Waals surface area contributed by atoms with Crippen LogP contribution in [-0.2, 0) is 36.6 Å². The summed E-state index contributed by atoms with van der Waals surface area (Å²) in [7, 11) is -1.82. The minimum absolute atomic E-state index is 0.148. The van der Waals surface area contributed by atoms with Crippen LogP contribution in [0.2, 0.25) is 4.34 Å². The van der Waals surface area contributed by atoms with E-state index < -0.39 is 10.0 Å². The third kappa shape index (κ3) is 4.64. The number of para-hydroxylation sites is 1. The molecule has 2 aromatic carbocycles. The molecule has 10 heteroatoms. The molecule has 1 aliphatic rings. The fourth-order valence-corrected chi connectivity index (χ4v) is 7.36. The molecular weight excluding hydrogens is 504 g/mol. The molecule has 0 unspecified atom stereocenters. The van der Waals surface area contributed by atoms with Gasteiger partial charge in [-0.2, -0.15) is 9.40 Å². The molecule has 0 saturated heterocycles. The molecule has 180 valence electrons. The molecular formula is C25H23ClN4O3S2. The molecule has 0 atom stereocenters. The first-order valence-corrected chi connectivity index (χ1v) is 13.7. The maximum absolute atomic E-state index is 13.5. The molecule has 1 aliphatic heterocycles. The fourth-order valence-electron chi connectivity index (χ4n) is 4.32.